The Morgan fingerprint density at radius 2 is 1.36 bits per heavy atom. The van der Waals surface area contributed by atoms with Crippen molar-refractivity contribution in [1.82, 2.24) is 0 Å². The number of amides is 2. The molecule has 1 aromatic carbocycles. The first-order valence-electron chi connectivity index (χ1n) is 4.32. The van der Waals surface area contributed by atoms with Crippen LogP contribution in [-0.2, 0) is 0 Å². The largest absolute Gasteiger partial charge is 1.00 e. The van der Waals surface area contributed by atoms with E-state index in [0.29, 0.717) is 24.2 Å². The molecule has 1 saturated heterocycles. The maximum absolute atomic E-state index is 11.7. The van der Waals surface area contributed by atoms with Crippen LogP contribution in [0.3, 0.4) is 0 Å². The molecule has 1 fully saturated rings. The van der Waals surface area contributed by atoms with Crippen molar-refractivity contribution in [1.29, 1.82) is 0 Å². The van der Waals surface area contributed by atoms with Crippen LogP contribution < -0.4 is 17.0 Å². The number of imide groups is 1. The average molecular weight is 254 g/mol. The van der Waals surface area contributed by atoms with E-state index < -0.39 is 0 Å². The van der Waals surface area contributed by atoms with Crippen molar-refractivity contribution >= 4 is 11.8 Å². The lowest BCUT2D eigenvalue weighted by molar-refractivity contribution is -0.613. The van der Waals surface area contributed by atoms with Gasteiger partial charge < -0.3 is 17.0 Å². The van der Waals surface area contributed by atoms with Crippen LogP contribution in [0.5, 0.6) is 0 Å². The first-order valence-corrected chi connectivity index (χ1v) is 4.32. The molecule has 0 atom stereocenters. The quantitative estimate of drug-likeness (QED) is 0.299. The number of hydrogen-bond donors (Lipinski definition) is 0. The molecule has 0 radical (unpaired) electrons. The highest BCUT2D eigenvalue weighted by molar-refractivity contribution is 6.14. The topological polar surface area (TPSA) is 34.1 Å². The first-order chi connectivity index (χ1) is 6.26. The summed E-state index contributed by atoms with van der Waals surface area (Å²) in [7, 11) is 0. The van der Waals surface area contributed by atoms with Gasteiger partial charge in [0.2, 0.25) is 0 Å². The fourth-order valence-corrected chi connectivity index (χ4v) is 1.92. The minimum atomic E-state index is -0.0133. The molecule has 2 amide bonds. The fraction of sp³-hybridized carbons (Fsp3) is 0.200. The van der Waals surface area contributed by atoms with Crippen molar-refractivity contribution in [2.75, 3.05) is 13.1 Å². The molecule has 0 saturated carbocycles. The lowest BCUT2D eigenvalue weighted by Gasteiger charge is -2.00. The third-order valence-electron chi connectivity index (χ3n) is 2.84. The Morgan fingerprint density at radius 1 is 0.929 bits per heavy atom. The molecule has 0 unspecified atom stereocenters. The molecule has 2 aliphatic heterocycles. The molecule has 0 aliphatic carbocycles. The summed E-state index contributed by atoms with van der Waals surface area (Å²) in [5.41, 5.74) is 1.20. The summed E-state index contributed by atoms with van der Waals surface area (Å²) in [6.07, 6.45) is 0. The smallest absolute Gasteiger partial charge is 0.354 e. The molecule has 1 spiro atoms. The van der Waals surface area contributed by atoms with Crippen LogP contribution >= 0.6 is 0 Å². The average Bonchev–Trinajstić information content (AvgIpc) is 2.93. The van der Waals surface area contributed by atoms with Crippen LogP contribution in [0.2, 0.25) is 0 Å². The first kappa shape index (κ1) is 9.55. The van der Waals surface area contributed by atoms with Crippen molar-refractivity contribution in [2.45, 2.75) is 0 Å². The molecule has 2 heterocycles. The number of halogens is 1. The van der Waals surface area contributed by atoms with Gasteiger partial charge in [-0.1, -0.05) is 12.1 Å². The SMILES string of the molecule is O=C1c2ccccc2C(=O)[N+]12CC2.[Br-]. The van der Waals surface area contributed by atoms with Gasteiger partial charge in [-0.05, 0) is 12.1 Å². The molecular weight excluding hydrogens is 246 g/mol. The summed E-state index contributed by atoms with van der Waals surface area (Å²) < 4.78 is 0.0549. The van der Waals surface area contributed by atoms with Gasteiger partial charge in [0.15, 0.2) is 0 Å². The van der Waals surface area contributed by atoms with E-state index >= 15 is 0 Å². The molecule has 72 valence electrons. The van der Waals surface area contributed by atoms with Gasteiger partial charge in [0.25, 0.3) is 0 Å². The van der Waals surface area contributed by atoms with Gasteiger partial charge in [0.1, 0.15) is 13.1 Å². The van der Waals surface area contributed by atoms with Gasteiger partial charge in [-0.15, -0.1) is 0 Å². The maximum atomic E-state index is 11.7. The molecule has 3 nitrogen and oxygen atoms in total. The van der Waals surface area contributed by atoms with Crippen molar-refractivity contribution in [3.8, 4) is 0 Å². The normalized spacial score (nSPS) is 20.6. The molecule has 0 aromatic heterocycles. The zero-order valence-electron chi connectivity index (χ0n) is 7.37. The monoisotopic (exact) mass is 253 g/mol. The van der Waals surface area contributed by atoms with Gasteiger partial charge in [-0.3, -0.25) is 0 Å². The van der Waals surface area contributed by atoms with Crippen molar-refractivity contribution in [3.63, 3.8) is 0 Å². The lowest BCUT2D eigenvalue weighted by Crippen LogP contribution is -3.00. The van der Waals surface area contributed by atoms with E-state index in [1.807, 2.05) is 0 Å². The van der Waals surface area contributed by atoms with Gasteiger partial charge >= 0.3 is 11.8 Å². The lowest BCUT2D eigenvalue weighted by atomic mass is 10.1. The van der Waals surface area contributed by atoms with E-state index in [2.05, 4.69) is 0 Å². The highest BCUT2D eigenvalue weighted by Gasteiger charge is 2.63. The number of rotatable bonds is 0. The van der Waals surface area contributed by atoms with Crippen LogP contribution in [-0.4, -0.2) is 29.4 Å². The molecule has 2 aliphatic rings. The molecule has 0 bridgehead atoms. The van der Waals surface area contributed by atoms with Crippen LogP contribution in [0, 0.1) is 0 Å². The van der Waals surface area contributed by atoms with E-state index in [4.69, 9.17) is 0 Å². The van der Waals surface area contributed by atoms with Gasteiger partial charge in [0, 0.05) is 0 Å². The third kappa shape index (κ3) is 0.898. The number of carbonyl (C=O) groups excluding carboxylic acids is 2. The summed E-state index contributed by atoms with van der Waals surface area (Å²) >= 11 is 0. The van der Waals surface area contributed by atoms with Crippen molar-refractivity contribution in [3.05, 3.63) is 35.4 Å². The van der Waals surface area contributed by atoms with E-state index in [1.54, 1.807) is 24.3 Å². The molecular formula is C10H8BrNO2. The standard InChI is InChI=1S/C10H8NO2.BrH/c12-9-7-3-1-2-4-8(7)10(13)11(9)5-6-11;/h1-4H,5-6H2;1H/q+1;/p-1. The number of benzene rings is 1. The zero-order valence-corrected chi connectivity index (χ0v) is 8.95. The van der Waals surface area contributed by atoms with Crippen LogP contribution in [0.15, 0.2) is 24.3 Å². The second-order valence-electron chi connectivity index (χ2n) is 3.57. The second-order valence-corrected chi connectivity index (χ2v) is 3.57. The summed E-state index contributed by atoms with van der Waals surface area (Å²) in [6.45, 7) is 1.37. The number of nitrogens with zero attached hydrogens (tertiary/aromatic N) is 1. The highest BCUT2D eigenvalue weighted by Crippen LogP contribution is 2.36. The number of hydrogen-bond acceptors (Lipinski definition) is 2. The Kier molecular flexibility index (Phi) is 1.87. The summed E-state index contributed by atoms with van der Waals surface area (Å²) in [5, 5.41) is 0. The van der Waals surface area contributed by atoms with Crippen LogP contribution in [0.1, 0.15) is 20.7 Å². The van der Waals surface area contributed by atoms with Crippen LogP contribution in [0.4, 0.5) is 0 Å². The Balaban J connectivity index is 0.000000750. The van der Waals surface area contributed by atoms with Crippen LogP contribution in [0.25, 0.3) is 0 Å². The Hall–Kier alpha value is -1.00. The zero-order chi connectivity index (χ0) is 9.05. The van der Waals surface area contributed by atoms with E-state index in [0.717, 1.165) is 0 Å². The predicted molar refractivity (Wildman–Crippen MR) is 45.1 cm³/mol. The molecule has 14 heavy (non-hydrogen) atoms. The Morgan fingerprint density at radius 3 is 1.71 bits per heavy atom. The molecule has 1 aromatic rings. The van der Waals surface area contributed by atoms with Crippen molar-refractivity contribution < 1.29 is 31.1 Å². The summed E-state index contributed by atoms with van der Waals surface area (Å²) in [6, 6.07) is 7.08. The van der Waals surface area contributed by atoms with Gasteiger partial charge in [-0.25, -0.2) is 9.59 Å². The Bertz CT molecular complexity index is 401. The minimum Gasteiger partial charge on any atom is -1.00 e. The number of fused-ring (bicyclic) bond motifs is 1. The predicted octanol–water partition coefficient (Wildman–Crippen LogP) is -2.18. The minimum absolute atomic E-state index is 0. The van der Waals surface area contributed by atoms with E-state index in [-0.39, 0.29) is 33.3 Å². The Labute approximate surface area is 91.7 Å². The molecule has 0 N–H and O–H groups in total. The molecule has 3 rings (SSSR count). The molecule has 4 heteroatoms. The highest BCUT2D eigenvalue weighted by atomic mass is 79.9. The van der Waals surface area contributed by atoms with Gasteiger partial charge in [-0.2, -0.15) is 4.48 Å². The second kappa shape index (κ2) is 2.74. The van der Waals surface area contributed by atoms with E-state index in [1.165, 1.54) is 0 Å². The summed E-state index contributed by atoms with van der Waals surface area (Å²) in [4.78, 5) is 23.5. The summed E-state index contributed by atoms with van der Waals surface area (Å²) in [5.74, 6) is -0.0267. The number of carbonyl (C=O) groups is 2. The number of quaternary nitrogens is 1. The third-order valence-corrected chi connectivity index (χ3v) is 2.84. The van der Waals surface area contributed by atoms with Crippen molar-refractivity contribution in [2.24, 2.45) is 0 Å². The fourth-order valence-electron chi connectivity index (χ4n) is 1.92. The maximum Gasteiger partial charge on any atom is 0.354 e. The van der Waals surface area contributed by atoms with Gasteiger partial charge in [0.05, 0.1) is 11.1 Å². The van der Waals surface area contributed by atoms with E-state index in [9.17, 15) is 9.59 Å².